The van der Waals surface area contributed by atoms with E-state index in [1.54, 1.807) is 0 Å². The number of carboxylic acids is 1. The lowest BCUT2D eigenvalue weighted by Crippen LogP contribution is -2.40. The van der Waals surface area contributed by atoms with Crippen molar-refractivity contribution in [2.24, 2.45) is 5.92 Å². The summed E-state index contributed by atoms with van der Waals surface area (Å²) in [5, 5.41) is 21.1. The fourth-order valence-electron chi connectivity index (χ4n) is 2.45. The Balaban J connectivity index is 1.99. The number of piperidine rings is 1. The lowest BCUT2D eigenvalue weighted by atomic mass is 9.97. The number of aliphatic carboxylic acids is 1. The average molecular weight is 313 g/mol. The van der Waals surface area contributed by atoms with Crippen LogP contribution in [0.4, 0.5) is 5.69 Å². The maximum atomic E-state index is 12.3. The zero-order valence-electron chi connectivity index (χ0n) is 13.0. The van der Waals surface area contributed by atoms with Gasteiger partial charge < -0.3 is 15.3 Å². The molecule has 1 saturated heterocycles. The first-order valence-electron chi connectivity index (χ1n) is 7.47. The fraction of sp³-hybridized carbons (Fsp3) is 0.353. The number of hydrogen-bond acceptors (Lipinski definition) is 4. The standard InChI is InChI=1S/C17H19N3O3/c1-12-2-4-15(5-3-12)19-11-14(10-18)16(21)20-8-6-13(7-9-20)17(22)23/h2-5,11,13,19H,6-9H2,1H3,(H,22,23)/b14-11-. The zero-order chi connectivity index (χ0) is 16.8. The molecular weight excluding hydrogens is 294 g/mol. The van der Waals surface area contributed by atoms with E-state index in [1.165, 1.54) is 11.1 Å². The molecule has 1 aliphatic heterocycles. The van der Waals surface area contributed by atoms with Gasteiger partial charge in [0.15, 0.2) is 0 Å². The Morgan fingerprint density at radius 2 is 1.91 bits per heavy atom. The normalized spacial score (nSPS) is 15.8. The molecule has 120 valence electrons. The van der Waals surface area contributed by atoms with Crippen molar-refractivity contribution in [2.75, 3.05) is 18.4 Å². The fourth-order valence-corrected chi connectivity index (χ4v) is 2.45. The van der Waals surface area contributed by atoms with Crippen molar-refractivity contribution in [2.45, 2.75) is 19.8 Å². The number of benzene rings is 1. The molecule has 0 spiro atoms. The second kappa shape index (κ2) is 7.45. The summed E-state index contributed by atoms with van der Waals surface area (Å²) < 4.78 is 0. The highest BCUT2D eigenvalue weighted by Crippen LogP contribution is 2.19. The van der Waals surface area contributed by atoms with E-state index in [2.05, 4.69) is 5.32 Å². The Morgan fingerprint density at radius 1 is 1.30 bits per heavy atom. The van der Waals surface area contributed by atoms with E-state index in [1.807, 2.05) is 37.3 Å². The molecule has 0 aromatic heterocycles. The molecule has 1 fully saturated rings. The van der Waals surface area contributed by atoms with Gasteiger partial charge in [-0.3, -0.25) is 9.59 Å². The van der Waals surface area contributed by atoms with E-state index in [0.29, 0.717) is 25.9 Å². The Morgan fingerprint density at radius 3 is 2.43 bits per heavy atom. The van der Waals surface area contributed by atoms with E-state index < -0.39 is 11.9 Å². The highest BCUT2D eigenvalue weighted by molar-refractivity contribution is 5.97. The van der Waals surface area contributed by atoms with Gasteiger partial charge in [-0.15, -0.1) is 0 Å². The van der Waals surface area contributed by atoms with Crippen LogP contribution < -0.4 is 5.32 Å². The van der Waals surface area contributed by atoms with Gasteiger partial charge in [-0.25, -0.2) is 0 Å². The van der Waals surface area contributed by atoms with Crippen LogP contribution in [0, 0.1) is 24.2 Å². The minimum Gasteiger partial charge on any atom is -0.481 e. The number of carbonyl (C=O) groups excluding carboxylic acids is 1. The summed E-state index contributed by atoms with van der Waals surface area (Å²) in [7, 11) is 0. The van der Waals surface area contributed by atoms with Gasteiger partial charge in [-0.2, -0.15) is 5.26 Å². The van der Waals surface area contributed by atoms with Gasteiger partial charge >= 0.3 is 5.97 Å². The van der Waals surface area contributed by atoms with E-state index in [4.69, 9.17) is 5.11 Å². The van der Waals surface area contributed by atoms with Crippen molar-refractivity contribution >= 4 is 17.6 Å². The number of nitrogens with zero attached hydrogens (tertiary/aromatic N) is 2. The number of likely N-dealkylation sites (tertiary alicyclic amines) is 1. The molecule has 0 atom stereocenters. The maximum Gasteiger partial charge on any atom is 0.306 e. The minimum absolute atomic E-state index is 0.0133. The van der Waals surface area contributed by atoms with Gasteiger partial charge in [0.2, 0.25) is 0 Å². The molecule has 6 heteroatoms. The minimum atomic E-state index is -0.825. The molecule has 1 aromatic carbocycles. The van der Waals surface area contributed by atoms with Crippen molar-refractivity contribution in [3.05, 3.63) is 41.6 Å². The van der Waals surface area contributed by atoms with Crippen LogP contribution in [0.2, 0.25) is 0 Å². The van der Waals surface area contributed by atoms with E-state index in [9.17, 15) is 14.9 Å². The molecular formula is C17H19N3O3. The summed E-state index contributed by atoms with van der Waals surface area (Å²) in [6.07, 6.45) is 2.24. The van der Waals surface area contributed by atoms with Crippen molar-refractivity contribution in [1.82, 2.24) is 4.90 Å². The predicted octanol–water partition coefficient (Wildman–Crippen LogP) is 2.14. The van der Waals surface area contributed by atoms with E-state index >= 15 is 0 Å². The monoisotopic (exact) mass is 313 g/mol. The summed E-state index contributed by atoms with van der Waals surface area (Å²) in [6.45, 7) is 2.70. The molecule has 0 aliphatic carbocycles. The van der Waals surface area contributed by atoms with Crippen LogP contribution in [0.1, 0.15) is 18.4 Å². The number of carboxylic acid groups (broad SMARTS) is 1. The van der Waals surface area contributed by atoms with Crippen LogP contribution in [0.25, 0.3) is 0 Å². The van der Waals surface area contributed by atoms with E-state index in [0.717, 1.165) is 11.3 Å². The SMILES string of the molecule is Cc1ccc(N/C=C(/C#N)C(=O)N2CCC(C(=O)O)CC2)cc1. The molecule has 2 rings (SSSR count). The van der Waals surface area contributed by atoms with Crippen LogP contribution >= 0.6 is 0 Å². The highest BCUT2D eigenvalue weighted by Gasteiger charge is 2.28. The van der Waals surface area contributed by atoms with Crippen molar-refractivity contribution in [3.63, 3.8) is 0 Å². The molecule has 0 radical (unpaired) electrons. The van der Waals surface area contributed by atoms with Gasteiger partial charge in [-0.1, -0.05) is 17.7 Å². The molecule has 6 nitrogen and oxygen atoms in total. The molecule has 2 N–H and O–H groups in total. The number of rotatable bonds is 4. The lowest BCUT2D eigenvalue weighted by Gasteiger charge is -2.29. The molecule has 1 aliphatic rings. The summed E-state index contributed by atoms with van der Waals surface area (Å²) in [6, 6.07) is 9.50. The Hall–Kier alpha value is -2.81. The van der Waals surface area contributed by atoms with Crippen molar-refractivity contribution < 1.29 is 14.7 Å². The third-order valence-corrected chi connectivity index (χ3v) is 3.92. The predicted molar refractivity (Wildman–Crippen MR) is 85.4 cm³/mol. The summed E-state index contributed by atoms with van der Waals surface area (Å²) >= 11 is 0. The average Bonchev–Trinajstić information content (AvgIpc) is 2.57. The smallest absolute Gasteiger partial charge is 0.306 e. The first kappa shape index (κ1) is 16.6. The van der Waals surface area contributed by atoms with Gasteiger partial charge in [0.05, 0.1) is 5.92 Å². The molecule has 0 saturated carbocycles. The second-order valence-electron chi connectivity index (χ2n) is 5.58. The lowest BCUT2D eigenvalue weighted by molar-refractivity contribution is -0.145. The summed E-state index contributed by atoms with van der Waals surface area (Å²) in [5.41, 5.74) is 1.93. The van der Waals surface area contributed by atoms with E-state index in [-0.39, 0.29) is 11.5 Å². The van der Waals surface area contributed by atoms with Gasteiger partial charge in [0, 0.05) is 25.0 Å². The quantitative estimate of drug-likeness (QED) is 0.656. The number of hydrogen-bond donors (Lipinski definition) is 2. The molecule has 0 unspecified atom stereocenters. The number of nitriles is 1. The van der Waals surface area contributed by atoms with Gasteiger partial charge in [0.25, 0.3) is 5.91 Å². The van der Waals surface area contributed by atoms with Crippen LogP contribution in [0.15, 0.2) is 36.0 Å². The maximum absolute atomic E-state index is 12.3. The largest absolute Gasteiger partial charge is 0.481 e. The summed E-state index contributed by atoms with van der Waals surface area (Å²) in [5.74, 6) is -1.59. The third kappa shape index (κ3) is 4.33. The Kier molecular flexibility index (Phi) is 5.36. The topological polar surface area (TPSA) is 93.4 Å². The number of nitrogens with one attached hydrogen (secondary N) is 1. The molecule has 0 bridgehead atoms. The van der Waals surface area contributed by atoms with Gasteiger partial charge in [0.1, 0.15) is 11.6 Å². The zero-order valence-corrected chi connectivity index (χ0v) is 13.0. The van der Waals surface area contributed by atoms with Crippen molar-refractivity contribution in [3.8, 4) is 6.07 Å². The first-order valence-corrected chi connectivity index (χ1v) is 7.47. The van der Waals surface area contributed by atoms with Gasteiger partial charge in [-0.05, 0) is 31.9 Å². The number of amides is 1. The van der Waals surface area contributed by atoms with Crippen molar-refractivity contribution in [1.29, 1.82) is 5.26 Å². The Labute approximate surface area is 135 Å². The Bertz CT molecular complexity index is 651. The molecule has 1 heterocycles. The molecule has 23 heavy (non-hydrogen) atoms. The van der Waals surface area contributed by atoms with Crippen LogP contribution in [-0.4, -0.2) is 35.0 Å². The van der Waals surface area contributed by atoms with Crippen LogP contribution in [0.5, 0.6) is 0 Å². The first-order chi connectivity index (χ1) is 11.0. The summed E-state index contributed by atoms with van der Waals surface area (Å²) in [4.78, 5) is 24.8. The molecule has 1 aromatic rings. The number of carbonyl (C=O) groups is 2. The number of aryl methyl sites for hydroxylation is 1. The number of anilines is 1. The van der Waals surface area contributed by atoms with Crippen LogP contribution in [-0.2, 0) is 9.59 Å². The van der Waals surface area contributed by atoms with Crippen LogP contribution in [0.3, 0.4) is 0 Å². The third-order valence-electron chi connectivity index (χ3n) is 3.92. The highest BCUT2D eigenvalue weighted by atomic mass is 16.4. The molecule has 1 amide bonds. The second-order valence-corrected chi connectivity index (χ2v) is 5.58.